The summed E-state index contributed by atoms with van der Waals surface area (Å²) < 4.78 is 5.25. The number of rotatable bonds is 5. The Bertz CT molecular complexity index is 491. The Kier molecular flexibility index (Phi) is 5.31. The van der Waals surface area contributed by atoms with Gasteiger partial charge in [-0.3, -0.25) is 0 Å². The molecule has 0 aliphatic heterocycles. The number of benzene rings is 1. The number of carbonyl (C=O) groups is 1. The molecule has 0 aliphatic carbocycles. The molecule has 1 aromatic rings. The van der Waals surface area contributed by atoms with E-state index in [-0.39, 0.29) is 6.42 Å². The molecular weight excluding hydrogens is 260 g/mol. The maximum atomic E-state index is 12.0. The van der Waals surface area contributed by atoms with Crippen molar-refractivity contribution < 1.29 is 9.53 Å². The summed E-state index contributed by atoms with van der Waals surface area (Å²) in [6.45, 7) is 5.31. The molecule has 0 bridgehead atoms. The Hall–Kier alpha value is -2.31. The first-order valence-electron chi connectivity index (χ1n) is 6.11. The van der Waals surface area contributed by atoms with Gasteiger partial charge in [-0.25, -0.2) is 4.79 Å². The topological polar surface area (TPSA) is 106 Å². The molecule has 2 N–H and O–H groups in total. The lowest BCUT2D eigenvalue weighted by molar-refractivity contribution is -0.156. The van der Waals surface area contributed by atoms with Gasteiger partial charge < -0.3 is 10.6 Å². The minimum absolute atomic E-state index is 0.286. The molecule has 1 atom stereocenters. The molecule has 0 aliphatic rings. The van der Waals surface area contributed by atoms with Gasteiger partial charge in [0.25, 0.3) is 0 Å². The molecule has 0 heterocycles. The van der Waals surface area contributed by atoms with Gasteiger partial charge in [0.1, 0.15) is 11.3 Å². The second kappa shape index (κ2) is 6.74. The van der Waals surface area contributed by atoms with Gasteiger partial charge in [0, 0.05) is 6.42 Å². The zero-order valence-corrected chi connectivity index (χ0v) is 11.7. The number of hydrogen-bond donors (Lipinski definition) is 1. The van der Waals surface area contributed by atoms with Gasteiger partial charge in [0.2, 0.25) is 0 Å². The van der Waals surface area contributed by atoms with Crippen LogP contribution in [0.1, 0.15) is 26.3 Å². The summed E-state index contributed by atoms with van der Waals surface area (Å²) in [5.74, 6) is 4.53. The van der Waals surface area contributed by atoms with Crippen LogP contribution in [-0.2, 0) is 16.0 Å². The summed E-state index contributed by atoms with van der Waals surface area (Å²) in [6.07, 6.45) is 0.286. The second-order valence-corrected chi connectivity index (χ2v) is 5.24. The van der Waals surface area contributed by atoms with E-state index >= 15 is 0 Å². The van der Waals surface area contributed by atoms with Crippen LogP contribution in [0.4, 0.5) is 5.69 Å². The Morgan fingerprint density at radius 2 is 1.90 bits per heavy atom. The van der Waals surface area contributed by atoms with Crippen LogP contribution in [0.15, 0.2) is 39.8 Å². The molecule has 0 fully saturated rings. The van der Waals surface area contributed by atoms with Crippen molar-refractivity contribution in [2.45, 2.75) is 38.8 Å². The van der Waals surface area contributed by atoms with E-state index in [1.165, 1.54) is 0 Å². The lowest BCUT2D eigenvalue weighted by Gasteiger charge is -2.21. The molecule has 0 saturated carbocycles. The number of nitroso groups, excluding NO2 is 1. The lowest BCUT2D eigenvalue weighted by Crippen LogP contribution is -2.32. The zero-order chi connectivity index (χ0) is 15.2. The highest BCUT2D eigenvalue weighted by Gasteiger charge is 2.25. The van der Waals surface area contributed by atoms with Crippen LogP contribution in [0.3, 0.4) is 0 Å². The van der Waals surface area contributed by atoms with Crippen molar-refractivity contribution in [3.63, 3.8) is 0 Å². The van der Waals surface area contributed by atoms with Gasteiger partial charge >= 0.3 is 5.97 Å². The summed E-state index contributed by atoms with van der Waals surface area (Å²) in [6, 6.07) is 5.71. The smallest absolute Gasteiger partial charge is 0.333 e. The van der Waals surface area contributed by atoms with Crippen LogP contribution in [0.2, 0.25) is 0 Å². The van der Waals surface area contributed by atoms with Gasteiger partial charge in [-0.05, 0) is 43.6 Å². The normalized spacial score (nSPS) is 13.2. The van der Waals surface area contributed by atoms with Gasteiger partial charge in [-0.2, -0.15) is 5.11 Å². The van der Waals surface area contributed by atoms with Crippen molar-refractivity contribution in [1.82, 2.24) is 0 Å². The summed E-state index contributed by atoms with van der Waals surface area (Å²) in [7, 11) is 0. The van der Waals surface area contributed by atoms with Crippen LogP contribution >= 0.6 is 0 Å². The molecule has 1 aromatic carbocycles. The van der Waals surface area contributed by atoms with Crippen LogP contribution < -0.4 is 5.84 Å². The fourth-order valence-corrected chi connectivity index (χ4v) is 1.54. The minimum Gasteiger partial charge on any atom is -0.458 e. The first-order valence-corrected chi connectivity index (χ1v) is 6.11. The predicted octanol–water partition coefficient (Wildman–Crippen LogP) is 2.66. The van der Waals surface area contributed by atoms with E-state index in [4.69, 9.17) is 10.6 Å². The molecule has 7 heteroatoms. The monoisotopic (exact) mass is 278 g/mol. The third-order valence-electron chi connectivity index (χ3n) is 2.36. The van der Waals surface area contributed by atoms with Crippen LogP contribution in [-0.4, -0.2) is 17.6 Å². The first-order chi connectivity index (χ1) is 9.35. The Morgan fingerprint density at radius 3 is 2.35 bits per heavy atom. The highest BCUT2D eigenvalue weighted by Crippen LogP contribution is 2.16. The maximum Gasteiger partial charge on any atom is 0.333 e. The van der Waals surface area contributed by atoms with E-state index in [2.05, 4.69) is 15.5 Å². The number of nitrogens with zero attached hydrogens (tertiary/aromatic N) is 3. The number of nitrogens with two attached hydrogens (primary N) is 1. The van der Waals surface area contributed by atoms with Crippen molar-refractivity contribution in [1.29, 1.82) is 0 Å². The summed E-state index contributed by atoms with van der Waals surface area (Å²) in [4.78, 5) is 22.3. The Morgan fingerprint density at radius 1 is 1.30 bits per heavy atom. The molecule has 1 rings (SSSR count). The molecule has 0 unspecified atom stereocenters. The van der Waals surface area contributed by atoms with E-state index in [1.807, 2.05) is 0 Å². The van der Waals surface area contributed by atoms with Crippen LogP contribution in [0.5, 0.6) is 0 Å². The van der Waals surface area contributed by atoms with Crippen molar-refractivity contribution in [2.24, 2.45) is 21.4 Å². The molecule has 7 nitrogen and oxygen atoms in total. The number of hydrogen-bond acceptors (Lipinski definition) is 6. The molecule has 20 heavy (non-hydrogen) atoms. The van der Waals surface area contributed by atoms with E-state index in [9.17, 15) is 9.70 Å². The van der Waals surface area contributed by atoms with Crippen LogP contribution in [0, 0.1) is 4.91 Å². The fourth-order valence-electron chi connectivity index (χ4n) is 1.54. The molecule has 108 valence electrons. The average Bonchev–Trinajstić information content (AvgIpc) is 2.37. The zero-order valence-electron chi connectivity index (χ0n) is 11.7. The van der Waals surface area contributed by atoms with Crippen molar-refractivity contribution in [3.8, 4) is 0 Å². The summed E-state index contributed by atoms with van der Waals surface area (Å²) in [5, 5.41) is 9.67. The number of esters is 1. The molecule has 0 saturated heterocycles. The summed E-state index contributed by atoms with van der Waals surface area (Å²) in [5.41, 5.74) is 0.522. The van der Waals surface area contributed by atoms with E-state index < -0.39 is 17.6 Å². The quantitative estimate of drug-likeness (QED) is 0.294. The highest BCUT2D eigenvalue weighted by atomic mass is 16.6. The van der Waals surface area contributed by atoms with E-state index in [0.717, 1.165) is 5.56 Å². The van der Waals surface area contributed by atoms with Gasteiger partial charge in [-0.1, -0.05) is 17.4 Å². The number of carbonyl (C=O) groups excluding carboxylic acids is 1. The maximum absolute atomic E-state index is 12.0. The van der Waals surface area contributed by atoms with Crippen LogP contribution in [0.25, 0.3) is 0 Å². The largest absolute Gasteiger partial charge is 0.458 e. The average molecular weight is 278 g/mol. The first kappa shape index (κ1) is 15.7. The van der Waals surface area contributed by atoms with Gasteiger partial charge in [-0.15, -0.1) is 4.91 Å². The highest BCUT2D eigenvalue weighted by molar-refractivity contribution is 5.76. The third-order valence-corrected chi connectivity index (χ3v) is 2.36. The lowest BCUT2D eigenvalue weighted by atomic mass is 10.1. The Balaban J connectivity index is 2.80. The Labute approximate surface area is 117 Å². The third kappa shape index (κ3) is 5.13. The molecule has 0 spiro atoms. The van der Waals surface area contributed by atoms with Gasteiger partial charge in [0.05, 0.1) is 0 Å². The molecular formula is C13H18N4O3. The number of ether oxygens (including phenoxy) is 1. The standard InChI is InChI=1S/C13H18N4O3/c1-13(2,3)20-12(18)11(15-17-14)8-9-4-6-10(16-19)7-5-9/h4-7,11H,8H2,1-3H3,(H2,14,15)/t11-/m0/s1. The molecule has 0 radical (unpaired) electrons. The second-order valence-electron chi connectivity index (χ2n) is 5.24. The van der Waals surface area contributed by atoms with Gasteiger partial charge in [0.15, 0.2) is 6.04 Å². The van der Waals surface area contributed by atoms with E-state index in [1.54, 1.807) is 45.0 Å². The molecule has 0 amide bonds. The minimum atomic E-state index is -0.811. The predicted molar refractivity (Wildman–Crippen MR) is 74.3 cm³/mol. The summed E-state index contributed by atoms with van der Waals surface area (Å²) >= 11 is 0. The molecule has 0 aromatic heterocycles. The SMILES string of the molecule is CC(C)(C)OC(=O)[C@H](Cc1ccc(N=O)cc1)N=NN. The van der Waals surface area contributed by atoms with Crippen molar-refractivity contribution in [3.05, 3.63) is 34.7 Å². The van der Waals surface area contributed by atoms with E-state index in [0.29, 0.717) is 5.69 Å². The van der Waals surface area contributed by atoms with Crippen molar-refractivity contribution in [2.75, 3.05) is 0 Å². The van der Waals surface area contributed by atoms with Crippen molar-refractivity contribution >= 4 is 11.7 Å². The fraction of sp³-hybridized carbons (Fsp3) is 0.462.